The van der Waals surface area contributed by atoms with E-state index in [0.717, 1.165) is 0 Å². The van der Waals surface area contributed by atoms with Crippen LogP contribution in [0.2, 0.25) is 5.02 Å². The number of nitrogens with one attached hydrogen (secondary N) is 2. The Morgan fingerprint density at radius 2 is 1.72 bits per heavy atom. The molecule has 1 amide bonds. The number of ether oxygens (including phenoxy) is 1. The van der Waals surface area contributed by atoms with E-state index in [4.69, 9.17) is 16.3 Å². The summed E-state index contributed by atoms with van der Waals surface area (Å²) in [4.78, 5) is 16.3. The number of hydrogen-bond donors (Lipinski definition) is 2. The van der Waals surface area contributed by atoms with Gasteiger partial charge in [-0.25, -0.2) is 13.4 Å². The van der Waals surface area contributed by atoms with Crippen LogP contribution in [0.3, 0.4) is 0 Å². The molecule has 150 valence electrons. The van der Waals surface area contributed by atoms with Crippen molar-refractivity contribution in [2.45, 2.75) is 17.9 Å². The number of amides is 1. The number of anilines is 2. The zero-order chi connectivity index (χ0) is 20.9. The number of aromatic nitrogens is 1. The molecule has 0 fully saturated rings. The zero-order valence-electron chi connectivity index (χ0n) is 15.4. The van der Waals surface area contributed by atoms with Gasteiger partial charge < -0.3 is 10.1 Å². The average molecular weight is 432 g/mol. The summed E-state index contributed by atoms with van der Waals surface area (Å²) in [6.45, 7) is 1.59. The molecule has 0 unspecified atom stereocenters. The zero-order valence-corrected chi connectivity index (χ0v) is 16.9. The number of halogens is 1. The van der Waals surface area contributed by atoms with Crippen molar-refractivity contribution in [3.8, 4) is 5.75 Å². The van der Waals surface area contributed by atoms with Crippen molar-refractivity contribution in [3.05, 3.63) is 77.9 Å². The molecule has 0 aliphatic carbocycles. The molecule has 1 aromatic heterocycles. The van der Waals surface area contributed by atoms with Crippen LogP contribution in [0.1, 0.15) is 6.92 Å². The number of carbonyl (C=O) groups is 1. The number of nitrogens with zero attached hydrogens (tertiary/aromatic N) is 1. The maximum atomic E-state index is 12.4. The normalized spacial score (nSPS) is 12.1. The lowest BCUT2D eigenvalue weighted by Gasteiger charge is -2.15. The summed E-state index contributed by atoms with van der Waals surface area (Å²) in [5.74, 6) is 0.224. The Morgan fingerprint density at radius 3 is 2.38 bits per heavy atom. The summed E-state index contributed by atoms with van der Waals surface area (Å²) in [7, 11) is -3.78. The van der Waals surface area contributed by atoms with Crippen LogP contribution in [-0.4, -0.2) is 25.4 Å². The molecule has 29 heavy (non-hydrogen) atoms. The standard InChI is InChI=1S/C20H18ClN3O4S/c1-14(28-18-7-3-2-6-17(18)21)20(25)23-15-9-11-16(12-10-15)29(26,27)24-19-8-4-5-13-22-19/h2-14H,1H3,(H,22,24)(H,23,25)/t14-/m1/s1. The smallest absolute Gasteiger partial charge is 0.265 e. The summed E-state index contributed by atoms with van der Waals surface area (Å²) in [5.41, 5.74) is 0.432. The Hall–Kier alpha value is -3.10. The summed E-state index contributed by atoms with van der Waals surface area (Å²) >= 11 is 6.03. The van der Waals surface area contributed by atoms with Gasteiger partial charge in [-0.05, 0) is 55.5 Å². The van der Waals surface area contributed by atoms with E-state index in [1.807, 2.05) is 0 Å². The molecule has 2 N–H and O–H groups in total. The van der Waals surface area contributed by atoms with Crippen LogP contribution in [0.5, 0.6) is 5.75 Å². The molecule has 1 heterocycles. The van der Waals surface area contributed by atoms with Gasteiger partial charge in [0.2, 0.25) is 0 Å². The molecule has 0 aliphatic heterocycles. The van der Waals surface area contributed by atoms with Gasteiger partial charge in [-0.15, -0.1) is 0 Å². The van der Waals surface area contributed by atoms with Gasteiger partial charge in [0, 0.05) is 11.9 Å². The summed E-state index contributed by atoms with van der Waals surface area (Å²) in [6.07, 6.45) is 0.687. The van der Waals surface area contributed by atoms with Gasteiger partial charge in [-0.2, -0.15) is 0 Å². The van der Waals surface area contributed by atoms with Crippen molar-refractivity contribution in [1.29, 1.82) is 0 Å². The fourth-order valence-electron chi connectivity index (χ4n) is 2.37. The van der Waals surface area contributed by atoms with E-state index >= 15 is 0 Å². The Kier molecular flexibility index (Phi) is 6.36. The van der Waals surface area contributed by atoms with E-state index in [-0.39, 0.29) is 10.7 Å². The Labute approximate surface area is 173 Å². The van der Waals surface area contributed by atoms with Crippen LogP contribution >= 0.6 is 11.6 Å². The fraction of sp³-hybridized carbons (Fsp3) is 0.100. The first-order chi connectivity index (χ1) is 13.8. The van der Waals surface area contributed by atoms with E-state index < -0.39 is 22.0 Å². The number of sulfonamides is 1. The first-order valence-electron chi connectivity index (χ1n) is 8.61. The van der Waals surface area contributed by atoms with Crippen molar-refractivity contribution in [1.82, 2.24) is 4.98 Å². The second kappa shape index (κ2) is 8.93. The monoisotopic (exact) mass is 431 g/mol. The van der Waals surface area contributed by atoms with Gasteiger partial charge in [-0.1, -0.05) is 29.8 Å². The third-order valence-electron chi connectivity index (χ3n) is 3.85. The number of benzene rings is 2. The molecule has 1 atom stereocenters. The number of rotatable bonds is 7. The molecule has 0 saturated heterocycles. The summed E-state index contributed by atoms with van der Waals surface area (Å²) in [6, 6.07) is 17.5. The van der Waals surface area contributed by atoms with Crippen molar-refractivity contribution < 1.29 is 17.9 Å². The quantitative estimate of drug-likeness (QED) is 0.590. The van der Waals surface area contributed by atoms with Crippen LogP contribution < -0.4 is 14.8 Å². The van der Waals surface area contributed by atoms with E-state index in [2.05, 4.69) is 15.0 Å². The highest BCUT2D eigenvalue weighted by Gasteiger charge is 2.18. The van der Waals surface area contributed by atoms with Crippen LogP contribution in [0.25, 0.3) is 0 Å². The lowest BCUT2D eigenvalue weighted by atomic mass is 10.3. The third kappa shape index (κ3) is 5.46. The highest BCUT2D eigenvalue weighted by Crippen LogP contribution is 2.24. The predicted molar refractivity (Wildman–Crippen MR) is 112 cm³/mol. The molecule has 9 heteroatoms. The lowest BCUT2D eigenvalue weighted by Crippen LogP contribution is -2.30. The van der Waals surface area contributed by atoms with Gasteiger partial charge in [0.05, 0.1) is 9.92 Å². The van der Waals surface area contributed by atoms with Crippen molar-refractivity contribution in [2.24, 2.45) is 0 Å². The van der Waals surface area contributed by atoms with E-state index in [1.165, 1.54) is 30.5 Å². The predicted octanol–water partition coefficient (Wildman–Crippen LogP) is 3.94. The van der Waals surface area contributed by atoms with Gasteiger partial charge in [-0.3, -0.25) is 9.52 Å². The van der Waals surface area contributed by atoms with Crippen LogP contribution in [0.4, 0.5) is 11.5 Å². The Morgan fingerprint density at radius 1 is 1.03 bits per heavy atom. The van der Waals surface area contributed by atoms with Crippen molar-refractivity contribution in [3.63, 3.8) is 0 Å². The molecular weight excluding hydrogens is 414 g/mol. The van der Waals surface area contributed by atoms with Crippen LogP contribution in [-0.2, 0) is 14.8 Å². The molecule has 0 saturated carbocycles. The van der Waals surface area contributed by atoms with E-state index in [9.17, 15) is 13.2 Å². The van der Waals surface area contributed by atoms with Crippen molar-refractivity contribution >= 4 is 39.0 Å². The highest BCUT2D eigenvalue weighted by atomic mass is 35.5. The van der Waals surface area contributed by atoms with Gasteiger partial charge in [0.1, 0.15) is 11.6 Å². The van der Waals surface area contributed by atoms with E-state index in [0.29, 0.717) is 16.5 Å². The highest BCUT2D eigenvalue weighted by molar-refractivity contribution is 7.92. The summed E-state index contributed by atoms with van der Waals surface area (Å²) in [5, 5.41) is 3.08. The lowest BCUT2D eigenvalue weighted by molar-refractivity contribution is -0.122. The second-order valence-electron chi connectivity index (χ2n) is 6.02. The maximum Gasteiger partial charge on any atom is 0.265 e. The van der Waals surface area contributed by atoms with Crippen LogP contribution in [0, 0.1) is 0 Å². The molecule has 0 radical (unpaired) electrons. The van der Waals surface area contributed by atoms with Gasteiger partial charge >= 0.3 is 0 Å². The molecule has 3 aromatic rings. The number of carbonyl (C=O) groups excluding carboxylic acids is 1. The van der Waals surface area contributed by atoms with Gasteiger partial charge in [0.15, 0.2) is 6.10 Å². The Balaban J connectivity index is 1.64. The van der Waals surface area contributed by atoms with Crippen molar-refractivity contribution in [2.75, 3.05) is 10.0 Å². The molecular formula is C20H18ClN3O4S. The minimum Gasteiger partial charge on any atom is -0.479 e. The summed E-state index contributed by atoms with van der Waals surface area (Å²) < 4.78 is 32.8. The second-order valence-corrected chi connectivity index (χ2v) is 8.11. The van der Waals surface area contributed by atoms with Crippen LogP contribution in [0.15, 0.2) is 77.8 Å². The topological polar surface area (TPSA) is 97.4 Å². The number of hydrogen-bond acceptors (Lipinski definition) is 5. The number of pyridine rings is 1. The molecule has 0 spiro atoms. The van der Waals surface area contributed by atoms with E-state index in [1.54, 1.807) is 49.4 Å². The average Bonchev–Trinajstić information content (AvgIpc) is 2.70. The third-order valence-corrected chi connectivity index (χ3v) is 5.53. The van der Waals surface area contributed by atoms with Gasteiger partial charge in [0.25, 0.3) is 15.9 Å². The first kappa shape index (κ1) is 20.6. The number of para-hydroxylation sites is 1. The molecule has 3 rings (SSSR count). The Bertz CT molecular complexity index is 1090. The minimum atomic E-state index is -3.78. The molecule has 7 nitrogen and oxygen atoms in total. The SMILES string of the molecule is C[C@@H](Oc1ccccc1Cl)C(=O)Nc1ccc(S(=O)(=O)Nc2ccccn2)cc1. The largest absolute Gasteiger partial charge is 0.479 e. The minimum absolute atomic E-state index is 0.0431. The molecule has 0 aliphatic rings. The molecule has 2 aromatic carbocycles. The fourth-order valence-corrected chi connectivity index (χ4v) is 3.55. The molecule has 0 bridgehead atoms. The maximum absolute atomic E-state index is 12.4. The first-order valence-corrected chi connectivity index (χ1v) is 10.5.